The summed E-state index contributed by atoms with van der Waals surface area (Å²) in [4.78, 5) is 14.6. The molecule has 1 N–H and O–H groups in total. The number of nitrogens with one attached hydrogen (secondary N) is 1. The molecule has 0 unspecified atom stereocenters. The average molecular weight is 494 g/mol. The van der Waals surface area contributed by atoms with E-state index in [-0.39, 0.29) is 11.7 Å². The van der Waals surface area contributed by atoms with Gasteiger partial charge in [0.2, 0.25) is 5.91 Å². The van der Waals surface area contributed by atoms with E-state index in [0.29, 0.717) is 16.0 Å². The van der Waals surface area contributed by atoms with Crippen LogP contribution >= 0.6 is 23.4 Å². The number of halogens is 1. The maximum atomic E-state index is 12.6. The summed E-state index contributed by atoms with van der Waals surface area (Å²) in [6.45, 7) is 0. The number of thioether (sulfide) groups is 1. The van der Waals surface area contributed by atoms with E-state index < -0.39 is 0 Å². The Hall–Kier alpha value is -3.49. The standard InChI is InChI=1S/C25H24ClN5O2S/c1-30(2)20-12-8-19(9-13-20)27-23(32)16-34-25-29-28-24(17-4-14-22(33-3)15-5-17)31(25)21-10-6-18(26)7-11-21/h4-15H,16H2,1-3H3,(H,27,32). The van der Waals surface area contributed by atoms with E-state index in [0.717, 1.165) is 28.4 Å². The zero-order chi connectivity index (χ0) is 24.1. The molecule has 0 bridgehead atoms. The fraction of sp³-hybridized carbons (Fsp3) is 0.160. The van der Waals surface area contributed by atoms with E-state index in [1.807, 2.05) is 96.4 Å². The summed E-state index contributed by atoms with van der Waals surface area (Å²) in [6, 6.07) is 22.7. The van der Waals surface area contributed by atoms with Crippen LogP contribution in [0.4, 0.5) is 11.4 Å². The van der Waals surface area contributed by atoms with Crippen LogP contribution in [0.5, 0.6) is 5.75 Å². The first kappa shape index (κ1) is 23.7. The first-order valence-corrected chi connectivity index (χ1v) is 11.9. The molecule has 0 atom stereocenters. The third-order valence-electron chi connectivity index (χ3n) is 5.07. The number of benzene rings is 3. The van der Waals surface area contributed by atoms with Crippen molar-refractivity contribution in [2.24, 2.45) is 0 Å². The second-order valence-electron chi connectivity index (χ2n) is 7.62. The van der Waals surface area contributed by atoms with E-state index in [2.05, 4.69) is 15.5 Å². The zero-order valence-electron chi connectivity index (χ0n) is 19.0. The van der Waals surface area contributed by atoms with Crippen LogP contribution in [0.15, 0.2) is 78.0 Å². The highest BCUT2D eigenvalue weighted by molar-refractivity contribution is 7.99. The number of rotatable bonds is 8. The Balaban J connectivity index is 1.55. The number of carbonyl (C=O) groups excluding carboxylic acids is 1. The lowest BCUT2D eigenvalue weighted by molar-refractivity contribution is -0.113. The minimum atomic E-state index is -0.126. The topological polar surface area (TPSA) is 72.3 Å². The largest absolute Gasteiger partial charge is 0.497 e. The van der Waals surface area contributed by atoms with Crippen LogP contribution < -0.4 is 15.0 Å². The lowest BCUT2D eigenvalue weighted by Crippen LogP contribution is -2.15. The van der Waals surface area contributed by atoms with Crippen LogP contribution in [0.1, 0.15) is 0 Å². The predicted octanol–water partition coefficient (Wildman–Crippen LogP) is 5.39. The minimum Gasteiger partial charge on any atom is -0.497 e. The molecule has 4 aromatic rings. The normalized spacial score (nSPS) is 10.7. The SMILES string of the molecule is COc1ccc(-c2nnc(SCC(=O)Nc3ccc(N(C)C)cc3)n2-c2ccc(Cl)cc2)cc1. The molecule has 0 fully saturated rings. The molecule has 174 valence electrons. The molecular formula is C25H24ClN5O2S. The number of anilines is 2. The van der Waals surface area contributed by atoms with E-state index in [1.54, 1.807) is 7.11 Å². The van der Waals surface area contributed by atoms with Crippen molar-refractivity contribution >= 4 is 40.6 Å². The molecule has 0 radical (unpaired) electrons. The van der Waals surface area contributed by atoms with Gasteiger partial charge in [0.25, 0.3) is 0 Å². The quantitative estimate of drug-likeness (QED) is 0.332. The summed E-state index contributed by atoms with van der Waals surface area (Å²) in [7, 11) is 5.57. The van der Waals surface area contributed by atoms with Gasteiger partial charge in [0, 0.05) is 41.7 Å². The van der Waals surface area contributed by atoms with Gasteiger partial charge in [-0.1, -0.05) is 23.4 Å². The third-order valence-corrected chi connectivity index (χ3v) is 6.25. The Morgan fingerprint density at radius 2 is 1.68 bits per heavy atom. The summed E-state index contributed by atoms with van der Waals surface area (Å²) in [5.74, 6) is 1.47. The van der Waals surface area contributed by atoms with Gasteiger partial charge >= 0.3 is 0 Å². The van der Waals surface area contributed by atoms with Crippen molar-refractivity contribution in [2.45, 2.75) is 5.16 Å². The van der Waals surface area contributed by atoms with Gasteiger partial charge < -0.3 is 15.0 Å². The number of aromatic nitrogens is 3. The molecule has 3 aromatic carbocycles. The lowest BCUT2D eigenvalue weighted by atomic mass is 10.2. The maximum Gasteiger partial charge on any atom is 0.234 e. The van der Waals surface area contributed by atoms with Crippen LogP contribution in [-0.4, -0.2) is 47.6 Å². The molecule has 0 saturated carbocycles. The van der Waals surface area contributed by atoms with E-state index >= 15 is 0 Å². The fourth-order valence-electron chi connectivity index (χ4n) is 3.28. The van der Waals surface area contributed by atoms with Gasteiger partial charge in [-0.3, -0.25) is 9.36 Å². The van der Waals surface area contributed by atoms with Crippen LogP contribution in [-0.2, 0) is 4.79 Å². The van der Waals surface area contributed by atoms with Gasteiger partial charge in [-0.2, -0.15) is 0 Å². The second kappa shape index (κ2) is 10.6. The Labute approximate surface area is 207 Å². The summed E-state index contributed by atoms with van der Waals surface area (Å²) < 4.78 is 7.18. The van der Waals surface area contributed by atoms with Crippen LogP contribution in [0.2, 0.25) is 5.02 Å². The molecule has 9 heteroatoms. The van der Waals surface area contributed by atoms with Gasteiger partial charge in [-0.25, -0.2) is 0 Å². The predicted molar refractivity (Wildman–Crippen MR) is 138 cm³/mol. The number of nitrogens with zero attached hydrogens (tertiary/aromatic N) is 4. The van der Waals surface area contributed by atoms with Gasteiger partial charge in [-0.05, 0) is 72.8 Å². The maximum absolute atomic E-state index is 12.6. The third kappa shape index (κ3) is 5.52. The first-order chi connectivity index (χ1) is 16.4. The van der Waals surface area contributed by atoms with Gasteiger partial charge in [0.15, 0.2) is 11.0 Å². The van der Waals surface area contributed by atoms with Gasteiger partial charge in [0.1, 0.15) is 5.75 Å². The van der Waals surface area contributed by atoms with E-state index in [9.17, 15) is 4.79 Å². The molecule has 34 heavy (non-hydrogen) atoms. The average Bonchev–Trinajstić information content (AvgIpc) is 3.27. The minimum absolute atomic E-state index is 0.126. The highest BCUT2D eigenvalue weighted by atomic mass is 35.5. The Morgan fingerprint density at radius 1 is 1.00 bits per heavy atom. The second-order valence-corrected chi connectivity index (χ2v) is 9.00. The number of ether oxygens (including phenoxy) is 1. The van der Waals surface area contributed by atoms with Crippen molar-refractivity contribution in [2.75, 3.05) is 37.2 Å². The van der Waals surface area contributed by atoms with Gasteiger partial charge in [-0.15, -0.1) is 10.2 Å². The highest BCUT2D eigenvalue weighted by Gasteiger charge is 2.17. The molecule has 1 amide bonds. The van der Waals surface area contributed by atoms with Crippen molar-refractivity contribution in [3.63, 3.8) is 0 Å². The molecule has 0 aliphatic heterocycles. The molecule has 0 aliphatic rings. The van der Waals surface area contributed by atoms with E-state index in [4.69, 9.17) is 16.3 Å². The van der Waals surface area contributed by atoms with Crippen molar-refractivity contribution in [3.8, 4) is 22.8 Å². The van der Waals surface area contributed by atoms with E-state index in [1.165, 1.54) is 11.8 Å². The first-order valence-electron chi connectivity index (χ1n) is 10.5. The smallest absolute Gasteiger partial charge is 0.234 e. The summed E-state index contributed by atoms with van der Waals surface area (Å²) in [5, 5.41) is 12.9. The number of carbonyl (C=O) groups is 1. The highest BCUT2D eigenvalue weighted by Crippen LogP contribution is 2.29. The number of methoxy groups -OCH3 is 1. The zero-order valence-corrected chi connectivity index (χ0v) is 20.6. The van der Waals surface area contributed by atoms with Crippen LogP contribution in [0.3, 0.4) is 0 Å². The summed E-state index contributed by atoms with van der Waals surface area (Å²) in [6.07, 6.45) is 0. The van der Waals surface area contributed by atoms with Crippen molar-refractivity contribution in [3.05, 3.63) is 77.8 Å². The van der Waals surface area contributed by atoms with Crippen LogP contribution in [0.25, 0.3) is 17.1 Å². The Kier molecular flexibility index (Phi) is 7.40. The van der Waals surface area contributed by atoms with Crippen molar-refractivity contribution in [1.82, 2.24) is 14.8 Å². The fourth-order valence-corrected chi connectivity index (χ4v) is 4.16. The van der Waals surface area contributed by atoms with Crippen LogP contribution in [0, 0.1) is 0 Å². The number of hydrogen-bond acceptors (Lipinski definition) is 6. The molecule has 0 spiro atoms. The summed E-state index contributed by atoms with van der Waals surface area (Å²) >= 11 is 7.41. The molecule has 1 aromatic heterocycles. The van der Waals surface area contributed by atoms with Crippen molar-refractivity contribution < 1.29 is 9.53 Å². The summed E-state index contributed by atoms with van der Waals surface area (Å²) in [5.41, 5.74) is 3.53. The molecule has 1 heterocycles. The monoisotopic (exact) mass is 493 g/mol. The Morgan fingerprint density at radius 3 is 2.29 bits per heavy atom. The Bertz CT molecular complexity index is 1260. The molecule has 4 rings (SSSR count). The molecular weight excluding hydrogens is 470 g/mol. The van der Waals surface area contributed by atoms with Crippen molar-refractivity contribution in [1.29, 1.82) is 0 Å². The lowest BCUT2D eigenvalue weighted by Gasteiger charge is -2.13. The molecule has 0 aliphatic carbocycles. The molecule has 7 nitrogen and oxygen atoms in total. The number of amides is 1. The molecule has 0 saturated heterocycles. The van der Waals surface area contributed by atoms with Gasteiger partial charge in [0.05, 0.1) is 12.9 Å². The number of hydrogen-bond donors (Lipinski definition) is 1.